The summed E-state index contributed by atoms with van der Waals surface area (Å²) in [6, 6.07) is 20.0. The Bertz CT molecular complexity index is 1280. The minimum atomic E-state index is -0.749. The van der Waals surface area contributed by atoms with Gasteiger partial charge in [0.2, 0.25) is 0 Å². The first-order valence-electron chi connectivity index (χ1n) is 14.0. The number of benzene rings is 3. The van der Waals surface area contributed by atoms with Gasteiger partial charge < -0.3 is 9.84 Å². The summed E-state index contributed by atoms with van der Waals surface area (Å²) in [5.74, 6) is 0. The van der Waals surface area contributed by atoms with Crippen molar-refractivity contribution in [2.45, 2.75) is 91.8 Å². The zero-order valence-corrected chi connectivity index (χ0v) is 24.2. The summed E-state index contributed by atoms with van der Waals surface area (Å²) in [6.45, 7) is 15.8. The largest absolute Gasteiger partial charge is 0.463 e. The molecule has 3 nitrogen and oxygen atoms in total. The average molecular weight is 513 g/mol. The van der Waals surface area contributed by atoms with Crippen LogP contribution >= 0.6 is 0 Å². The third-order valence-corrected chi connectivity index (χ3v) is 8.57. The lowest BCUT2D eigenvalue weighted by molar-refractivity contribution is -0.129. The van der Waals surface area contributed by atoms with Crippen molar-refractivity contribution in [3.63, 3.8) is 0 Å². The van der Waals surface area contributed by atoms with Crippen molar-refractivity contribution in [3.05, 3.63) is 99.6 Å². The van der Waals surface area contributed by atoms with Gasteiger partial charge in [0.15, 0.2) is 0 Å². The lowest BCUT2D eigenvalue weighted by Crippen LogP contribution is -2.26. The van der Waals surface area contributed by atoms with Gasteiger partial charge in [-0.05, 0) is 103 Å². The van der Waals surface area contributed by atoms with Crippen LogP contribution in [-0.4, -0.2) is 17.2 Å². The van der Waals surface area contributed by atoms with E-state index in [1.54, 1.807) is 0 Å². The molecule has 0 amide bonds. The Kier molecular flexibility index (Phi) is 9.73. The molecule has 202 valence electrons. The highest BCUT2D eigenvalue weighted by atomic mass is 16.5. The van der Waals surface area contributed by atoms with Gasteiger partial charge in [0.25, 0.3) is 6.47 Å². The zero-order valence-electron chi connectivity index (χ0n) is 24.2. The Hall–Kier alpha value is -3.17. The van der Waals surface area contributed by atoms with Gasteiger partial charge in [-0.15, -0.1) is 0 Å². The first-order chi connectivity index (χ1) is 18.2. The normalized spacial score (nSPS) is 12.2. The number of carbonyl (C=O) groups is 1. The van der Waals surface area contributed by atoms with Crippen molar-refractivity contribution in [1.82, 2.24) is 0 Å². The molecule has 0 heterocycles. The second-order valence-corrected chi connectivity index (χ2v) is 10.6. The van der Waals surface area contributed by atoms with Crippen molar-refractivity contribution in [2.75, 3.05) is 0 Å². The lowest BCUT2D eigenvalue weighted by atomic mass is 9.69. The van der Waals surface area contributed by atoms with Crippen molar-refractivity contribution in [2.24, 2.45) is 0 Å². The molecule has 0 aliphatic rings. The summed E-state index contributed by atoms with van der Waals surface area (Å²) < 4.78 is 5.03. The molecule has 3 aromatic rings. The standard InChI is InChI=1S/C35H44O3/c1-8-34(37,9-2)19-18-28-14-15-31(20-26(28)6)35(10-3,11-4)32-16-17-33(27(7)21-32)29-13-12-25(5)30(22-29)23-38-24-36/h12-22,24,37H,8-11,23H2,1-7H3/b19-18+. The highest BCUT2D eigenvalue weighted by Crippen LogP contribution is 2.41. The van der Waals surface area contributed by atoms with Crippen molar-refractivity contribution >= 4 is 12.5 Å². The van der Waals surface area contributed by atoms with E-state index in [0.717, 1.165) is 35.1 Å². The fourth-order valence-corrected chi connectivity index (χ4v) is 5.53. The van der Waals surface area contributed by atoms with E-state index in [1.807, 2.05) is 26.8 Å². The van der Waals surface area contributed by atoms with Crippen molar-refractivity contribution in [1.29, 1.82) is 0 Å². The van der Waals surface area contributed by atoms with Gasteiger partial charge >= 0.3 is 0 Å². The quantitative estimate of drug-likeness (QED) is 0.247. The number of hydrogen-bond acceptors (Lipinski definition) is 3. The smallest absolute Gasteiger partial charge is 0.293 e. The Morgan fingerprint density at radius 1 is 0.763 bits per heavy atom. The molecule has 38 heavy (non-hydrogen) atoms. The summed E-state index contributed by atoms with van der Waals surface area (Å²) in [6.07, 6.45) is 7.43. The fraction of sp³-hybridized carbons (Fsp3) is 0.400. The summed E-state index contributed by atoms with van der Waals surface area (Å²) in [4.78, 5) is 10.7. The van der Waals surface area contributed by atoms with E-state index in [1.165, 1.54) is 27.8 Å². The minimum Gasteiger partial charge on any atom is -0.463 e. The molecule has 0 radical (unpaired) electrons. The van der Waals surface area contributed by atoms with Crippen LogP contribution < -0.4 is 0 Å². The van der Waals surface area contributed by atoms with E-state index >= 15 is 0 Å². The van der Waals surface area contributed by atoms with Crippen LogP contribution in [-0.2, 0) is 21.6 Å². The molecule has 1 N–H and O–H groups in total. The van der Waals surface area contributed by atoms with Gasteiger partial charge in [0, 0.05) is 5.41 Å². The van der Waals surface area contributed by atoms with Gasteiger partial charge in [0.05, 0.1) is 5.60 Å². The number of aryl methyl sites for hydroxylation is 3. The Morgan fingerprint density at radius 3 is 1.95 bits per heavy atom. The number of hydrogen-bond donors (Lipinski definition) is 1. The highest BCUT2D eigenvalue weighted by Gasteiger charge is 2.31. The van der Waals surface area contributed by atoms with Gasteiger partial charge in [-0.1, -0.05) is 88.4 Å². The van der Waals surface area contributed by atoms with Crippen LogP contribution in [0.5, 0.6) is 0 Å². The molecule has 0 aliphatic carbocycles. The summed E-state index contributed by atoms with van der Waals surface area (Å²) in [5.41, 5.74) is 9.89. The van der Waals surface area contributed by atoms with Crippen LogP contribution in [0.25, 0.3) is 17.2 Å². The third-order valence-electron chi connectivity index (χ3n) is 8.57. The Labute approximate surface area is 229 Å². The van der Waals surface area contributed by atoms with E-state index < -0.39 is 5.60 Å². The molecular formula is C35H44O3. The second-order valence-electron chi connectivity index (χ2n) is 10.6. The molecule has 0 unspecified atom stereocenters. The van der Waals surface area contributed by atoms with Crippen LogP contribution in [0, 0.1) is 20.8 Å². The van der Waals surface area contributed by atoms with Crippen LogP contribution in [0.2, 0.25) is 0 Å². The van der Waals surface area contributed by atoms with E-state index in [4.69, 9.17) is 4.74 Å². The zero-order chi connectivity index (χ0) is 27.9. The summed E-state index contributed by atoms with van der Waals surface area (Å²) in [5, 5.41) is 10.7. The molecule has 0 bridgehead atoms. The summed E-state index contributed by atoms with van der Waals surface area (Å²) >= 11 is 0. The highest BCUT2D eigenvalue weighted by molar-refractivity contribution is 5.69. The molecule has 0 aliphatic heterocycles. The maximum atomic E-state index is 10.7. The van der Waals surface area contributed by atoms with Gasteiger partial charge in [0.1, 0.15) is 6.61 Å². The monoisotopic (exact) mass is 512 g/mol. The molecule has 0 saturated carbocycles. The van der Waals surface area contributed by atoms with Gasteiger partial charge in [-0.25, -0.2) is 0 Å². The maximum Gasteiger partial charge on any atom is 0.293 e. The molecule has 3 rings (SSSR count). The molecule has 0 aromatic heterocycles. The SMILES string of the molecule is CCC(O)(/C=C/c1ccc(C(CC)(CC)c2ccc(-c3ccc(C)c(COC=O)c3)c(C)c2)cc1C)CC. The number of carbonyl (C=O) groups excluding carboxylic acids is 1. The Morgan fingerprint density at radius 2 is 1.39 bits per heavy atom. The van der Waals surface area contributed by atoms with Crippen molar-refractivity contribution in [3.8, 4) is 11.1 Å². The molecule has 0 atom stereocenters. The van der Waals surface area contributed by atoms with Crippen LogP contribution in [0.3, 0.4) is 0 Å². The van der Waals surface area contributed by atoms with Crippen LogP contribution in [0.1, 0.15) is 92.3 Å². The van der Waals surface area contributed by atoms with E-state index in [-0.39, 0.29) is 12.0 Å². The lowest BCUT2D eigenvalue weighted by Gasteiger charge is -2.34. The van der Waals surface area contributed by atoms with E-state index in [9.17, 15) is 9.90 Å². The molecule has 0 spiro atoms. The molecule has 3 heteroatoms. The first-order valence-corrected chi connectivity index (χ1v) is 14.0. The number of rotatable bonds is 12. The van der Waals surface area contributed by atoms with Crippen molar-refractivity contribution < 1.29 is 14.6 Å². The summed E-state index contributed by atoms with van der Waals surface area (Å²) in [7, 11) is 0. The average Bonchev–Trinajstić information content (AvgIpc) is 2.93. The minimum absolute atomic E-state index is 0.0832. The predicted molar refractivity (Wildman–Crippen MR) is 159 cm³/mol. The van der Waals surface area contributed by atoms with E-state index in [0.29, 0.717) is 19.3 Å². The molecule has 0 saturated heterocycles. The Balaban J connectivity index is 2.00. The first kappa shape index (κ1) is 29.4. The second kappa shape index (κ2) is 12.6. The van der Waals surface area contributed by atoms with Crippen LogP contribution in [0.15, 0.2) is 60.7 Å². The topological polar surface area (TPSA) is 46.5 Å². The molecular weight excluding hydrogens is 468 g/mol. The molecule has 3 aromatic carbocycles. The third kappa shape index (κ3) is 6.10. The van der Waals surface area contributed by atoms with Crippen LogP contribution in [0.4, 0.5) is 0 Å². The number of ether oxygens (including phenoxy) is 1. The maximum absolute atomic E-state index is 10.7. The fourth-order valence-electron chi connectivity index (χ4n) is 5.53. The predicted octanol–water partition coefficient (Wildman–Crippen LogP) is 8.62. The van der Waals surface area contributed by atoms with Gasteiger partial charge in [-0.2, -0.15) is 0 Å². The molecule has 0 fully saturated rings. The van der Waals surface area contributed by atoms with Gasteiger partial charge in [-0.3, -0.25) is 4.79 Å². The van der Waals surface area contributed by atoms with E-state index in [2.05, 4.69) is 88.4 Å². The number of aliphatic hydroxyl groups is 1.